The SMILES string of the molecule is COc1ccc(CC(=O)N=C2S[C@@H]3CS(=O)(=O)C[C@H]3N2CCc2ccc(F)cc2)cc1. The first-order valence-electron chi connectivity index (χ1n) is 9.95. The van der Waals surface area contributed by atoms with Crippen LogP contribution in [-0.2, 0) is 27.5 Å². The third kappa shape index (κ3) is 5.27. The van der Waals surface area contributed by atoms with E-state index in [0.717, 1.165) is 16.9 Å². The zero-order chi connectivity index (χ0) is 22.0. The minimum atomic E-state index is -3.10. The van der Waals surface area contributed by atoms with Gasteiger partial charge in [-0.2, -0.15) is 4.99 Å². The molecule has 2 atom stereocenters. The van der Waals surface area contributed by atoms with E-state index in [1.54, 1.807) is 31.4 Å². The number of nitrogens with zero attached hydrogens (tertiary/aromatic N) is 2. The summed E-state index contributed by atoms with van der Waals surface area (Å²) in [4.78, 5) is 18.9. The average Bonchev–Trinajstić information content (AvgIpc) is 3.19. The van der Waals surface area contributed by atoms with E-state index in [2.05, 4.69) is 4.99 Å². The number of thioether (sulfide) groups is 1. The van der Waals surface area contributed by atoms with Crippen molar-refractivity contribution >= 4 is 32.7 Å². The van der Waals surface area contributed by atoms with Crippen LogP contribution in [0.25, 0.3) is 0 Å². The summed E-state index contributed by atoms with van der Waals surface area (Å²) >= 11 is 1.37. The van der Waals surface area contributed by atoms with E-state index in [9.17, 15) is 17.6 Å². The molecule has 6 nitrogen and oxygen atoms in total. The number of hydrogen-bond acceptors (Lipinski definition) is 5. The Hall–Kier alpha value is -2.39. The molecule has 0 saturated carbocycles. The number of fused-ring (bicyclic) bond motifs is 1. The Morgan fingerprint density at radius 1 is 1.13 bits per heavy atom. The molecule has 2 aliphatic rings. The highest BCUT2D eigenvalue weighted by Crippen LogP contribution is 2.38. The molecule has 2 fully saturated rings. The fraction of sp³-hybridized carbons (Fsp3) is 0.364. The van der Waals surface area contributed by atoms with Gasteiger partial charge in [0.2, 0.25) is 0 Å². The second-order valence-electron chi connectivity index (χ2n) is 7.68. The highest BCUT2D eigenvalue weighted by Gasteiger charge is 2.48. The van der Waals surface area contributed by atoms with Crippen LogP contribution in [0.1, 0.15) is 11.1 Å². The van der Waals surface area contributed by atoms with Gasteiger partial charge < -0.3 is 9.64 Å². The van der Waals surface area contributed by atoms with Crippen molar-refractivity contribution in [2.45, 2.75) is 24.1 Å². The monoisotopic (exact) mass is 462 g/mol. The Bertz CT molecular complexity index is 1090. The summed E-state index contributed by atoms with van der Waals surface area (Å²) in [6.45, 7) is 0.518. The highest BCUT2D eigenvalue weighted by atomic mass is 32.2. The van der Waals surface area contributed by atoms with E-state index in [0.29, 0.717) is 18.1 Å². The van der Waals surface area contributed by atoms with Gasteiger partial charge in [-0.15, -0.1) is 0 Å². The van der Waals surface area contributed by atoms with Gasteiger partial charge in [0, 0.05) is 11.8 Å². The maximum atomic E-state index is 13.2. The molecule has 0 unspecified atom stereocenters. The molecule has 164 valence electrons. The van der Waals surface area contributed by atoms with E-state index < -0.39 is 9.84 Å². The number of sulfone groups is 1. The van der Waals surface area contributed by atoms with Crippen molar-refractivity contribution < 1.29 is 22.3 Å². The van der Waals surface area contributed by atoms with Crippen molar-refractivity contribution in [3.63, 3.8) is 0 Å². The third-order valence-electron chi connectivity index (χ3n) is 5.46. The Morgan fingerprint density at radius 3 is 2.48 bits per heavy atom. The Balaban J connectivity index is 1.49. The first-order valence-corrected chi connectivity index (χ1v) is 12.7. The third-order valence-corrected chi connectivity index (χ3v) is 8.71. The quantitative estimate of drug-likeness (QED) is 0.657. The molecule has 0 N–H and O–H groups in total. The summed E-state index contributed by atoms with van der Waals surface area (Å²) < 4.78 is 42.6. The fourth-order valence-electron chi connectivity index (χ4n) is 3.86. The zero-order valence-corrected chi connectivity index (χ0v) is 18.7. The van der Waals surface area contributed by atoms with Crippen molar-refractivity contribution in [2.24, 2.45) is 4.99 Å². The molecule has 0 bridgehead atoms. The maximum absolute atomic E-state index is 13.2. The molecular formula is C22H23FN2O4S2. The number of aliphatic imine (C=N–C) groups is 1. The Morgan fingerprint density at radius 2 is 1.81 bits per heavy atom. The molecule has 31 heavy (non-hydrogen) atoms. The fourth-order valence-corrected chi connectivity index (χ4v) is 7.86. The first kappa shape index (κ1) is 21.8. The topological polar surface area (TPSA) is 76.0 Å². The number of amides is 1. The second-order valence-corrected chi connectivity index (χ2v) is 11.0. The van der Waals surface area contributed by atoms with E-state index in [-0.39, 0.29) is 40.9 Å². The predicted molar refractivity (Wildman–Crippen MR) is 120 cm³/mol. The summed E-state index contributed by atoms with van der Waals surface area (Å²) in [5.74, 6) is 0.312. The van der Waals surface area contributed by atoms with Crippen LogP contribution < -0.4 is 4.74 Å². The smallest absolute Gasteiger partial charge is 0.252 e. The van der Waals surface area contributed by atoms with Crippen molar-refractivity contribution in [1.29, 1.82) is 0 Å². The number of benzene rings is 2. The zero-order valence-electron chi connectivity index (χ0n) is 17.0. The van der Waals surface area contributed by atoms with Crippen molar-refractivity contribution in [2.75, 3.05) is 25.2 Å². The molecular weight excluding hydrogens is 439 g/mol. The molecule has 2 saturated heterocycles. The van der Waals surface area contributed by atoms with Crippen LogP contribution in [0.3, 0.4) is 0 Å². The van der Waals surface area contributed by atoms with Gasteiger partial charge in [0.1, 0.15) is 11.6 Å². The summed E-state index contributed by atoms with van der Waals surface area (Å²) in [5.41, 5.74) is 1.78. The molecule has 0 aromatic heterocycles. The number of rotatable bonds is 6. The molecule has 0 radical (unpaired) electrons. The number of methoxy groups -OCH3 is 1. The van der Waals surface area contributed by atoms with Crippen LogP contribution in [0.15, 0.2) is 53.5 Å². The average molecular weight is 463 g/mol. The van der Waals surface area contributed by atoms with Gasteiger partial charge in [0.25, 0.3) is 5.91 Å². The van der Waals surface area contributed by atoms with Crippen LogP contribution in [0.5, 0.6) is 5.75 Å². The molecule has 2 aromatic carbocycles. The number of carbonyl (C=O) groups is 1. The molecule has 2 aliphatic heterocycles. The van der Waals surface area contributed by atoms with Gasteiger partial charge in [-0.3, -0.25) is 4.79 Å². The van der Waals surface area contributed by atoms with Crippen molar-refractivity contribution in [1.82, 2.24) is 4.90 Å². The Kier molecular flexibility index (Phi) is 6.34. The molecule has 2 heterocycles. The lowest BCUT2D eigenvalue weighted by atomic mass is 10.1. The van der Waals surface area contributed by atoms with Gasteiger partial charge in [-0.05, 0) is 41.8 Å². The van der Waals surface area contributed by atoms with Gasteiger partial charge in [0.05, 0.1) is 31.1 Å². The lowest BCUT2D eigenvalue weighted by molar-refractivity contribution is -0.117. The Labute approximate surface area is 185 Å². The van der Waals surface area contributed by atoms with Gasteiger partial charge >= 0.3 is 0 Å². The molecule has 2 aromatic rings. The minimum absolute atomic E-state index is 0.0692. The standard InChI is InChI=1S/C22H23FN2O4S2/c1-29-18-8-4-16(5-9-18)12-21(26)24-22-25(11-10-15-2-6-17(23)7-3-15)19-13-31(27,28)14-20(19)30-22/h2-9,19-20H,10-14H2,1H3/t19-,20-/m1/s1. The minimum Gasteiger partial charge on any atom is -0.497 e. The van der Waals surface area contributed by atoms with Gasteiger partial charge in [-0.1, -0.05) is 36.0 Å². The maximum Gasteiger partial charge on any atom is 0.252 e. The van der Waals surface area contributed by atoms with Gasteiger partial charge in [0.15, 0.2) is 15.0 Å². The summed E-state index contributed by atoms with van der Waals surface area (Å²) in [7, 11) is -1.51. The van der Waals surface area contributed by atoms with Crippen molar-refractivity contribution in [3.05, 3.63) is 65.5 Å². The normalized spacial score (nSPS) is 23.2. The van der Waals surface area contributed by atoms with Gasteiger partial charge in [-0.25, -0.2) is 12.8 Å². The van der Waals surface area contributed by atoms with E-state index in [4.69, 9.17) is 4.74 Å². The lowest BCUT2D eigenvalue weighted by Gasteiger charge is -2.24. The molecule has 9 heteroatoms. The van der Waals surface area contributed by atoms with E-state index in [1.165, 1.54) is 23.9 Å². The number of halogens is 1. The number of ether oxygens (including phenoxy) is 1. The number of amidine groups is 1. The second kappa shape index (κ2) is 9.00. The van der Waals surface area contributed by atoms with Crippen LogP contribution in [0.2, 0.25) is 0 Å². The summed E-state index contributed by atoms with van der Waals surface area (Å²) in [5, 5.41) is 0.455. The van der Waals surface area contributed by atoms with Crippen molar-refractivity contribution in [3.8, 4) is 5.75 Å². The summed E-state index contributed by atoms with van der Waals surface area (Å²) in [6.07, 6.45) is 0.767. The van der Waals surface area contributed by atoms with Crippen LogP contribution in [-0.4, -0.2) is 60.8 Å². The van der Waals surface area contributed by atoms with E-state index >= 15 is 0 Å². The highest BCUT2D eigenvalue weighted by molar-refractivity contribution is 8.15. The first-order chi connectivity index (χ1) is 14.8. The summed E-state index contributed by atoms with van der Waals surface area (Å²) in [6, 6.07) is 13.3. The largest absolute Gasteiger partial charge is 0.497 e. The molecule has 1 amide bonds. The molecule has 0 spiro atoms. The van der Waals surface area contributed by atoms with Crippen LogP contribution in [0.4, 0.5) is 4.39 Å². The molecule has 0 aliphatic carbocycles. The lowest BCUT2D eigenvalue weighted by Crippen LogP contribution is -2.39. The van der Waals surface area contributed by atoms with Crippen LogP contribution >= 0.6 is 11.8 Å². The van der Waals surface area contributed by atoms with E-state index in [1.807, 2.05) is 17.0 Å². The van der Waals surface area contributed by atoms with Crippen LogP contribution in [0, 0.1) is 5.82 Å². The molecule has 4 rings (SSSR count). The number of hydrogen-bond donors (Lipinski definition) is 0. The predicted octanol–water partition coefficient (Wildman–Crippen LogP) is 2.72. The number of carbonyl (C=O) groups excluding carboxylic acids is 1.